The van der Waals surface area contributed by atoms with Crippen LogP contribution in [-0.2, 0) is 14.9 Å². The predicted octanol–water partition coefficient (Wildman–Crippen LogP) is 3.19. The Bertz CT molecular complexity index is 593. The van der Waals surface area contributed by atoms with Gasteiger partial charge in [-0.15, -0.1) is 0 Å². The summed E-state index contributed by atoms with van der Waals surface area (Å²) in [6.07, 6.45) is 0. The van der Waals surface area contributed by atoms with E-state index in [1.54, 1.807) is 20.8 Å². The van der Waals surface area contributed by atoms with Crippen molar-refractivity contribution in [1.29, 1.82) is 0 Å². The second-order valence-electron chi connectivity index (χ2n) is 4.83. The van der Waals surface area contributed by atoms with Crippen molar-refractivity contribution in [2.75, 3.05) is 0 Å². The first-order valence-electron chi connectivity index (χ1n) is 5.12. The van der Waals surface area contributed by atoms with Gasteiger partial charge in [0, 0.05) is 0 Å². The molecule has 0 saturated heterocycles. The van der Waals surface area contributed by atoms with E-state index in [-0.39, 0.29) is 15.8 Å². The summed E-state index contributed by atoms with van der Waals surface area (Å²) in [4.78, 5) is 11.2. The molecule has 1 N–H and O–H groups in total. The number of hydrogen-bond acceptors (Lipinski definition) is 4. The molecule has 19 heavy (non-hydrogen) atoms. The number of esters is 1. The zero-order valence-electron chi connectivity index (χ0n) is 10.4. The molecule has 0 aliphatic carbocycles. The fourth-order valence-electron chi connectivity index (χ4n) is 1.03. The lowest BCUT2D eigenvalue weighted by molar-refractivity contribution is -0.142. The molecule has 0 atom stereocenters. The summed E-state index contributed by atoms with van der Waals surface area (Å²) in [5.74, 6) is -0.716. The maximum Gasteiger partial charge on any atom is 0.316 e. The van der Waals surface area contributed by atoms with Gasteiger partial charge in [-0.05, 0) is 32.9 Å². The van der Waals surface area contributed by atoms with Crippen LogP contribution in [0.4, 0.5) is 0 Å². The molecule has 8 heteroatoms. The normalized spacial score (nSPS) is 12.3. The van der Waals surface area contributed by atoms with Gasteiger partial charge in [-0.3, -0.25) is 9.35 Å². The van der Waals surface area contributed by atoms with E-state index in [1.807, 2.05) is 0 Å². The Balaban J connectivity index is 3.23. The molecule has 0 radical (unpaired) electrons. The lowest BCUT2D eigenvalue weighted by Crippen LogP contribution is -2.25. The minimum atomic E-state index is -4.43. The Morgan fingerprint density at radius 1 is 1.21 bits per heavy atom. The van der Waals surface area contributed by atoms with Crippen LogP contribution in [0.1, 0.15) is 20.8 Å². The zero-order valence-corrected chi connectivity index (χ0v) is 12.7. The maximum absolute atomic E-state index is 11.7. The highest BCUT2D eigenvalue weighted by Crippen LogP contribution is 2.36. The fourth-order valence-corrected chi connectivity index (χ4v) is 2.26. The highest BCUT2D eigenvalue weighted by Gasteiger charge is 2.26. The summed E-state index contributed by atoms with van der Waals surface area (Å²) in [7, 11) is -4.43. The Morgan fingerprint density at radius 3 is 1.95 bits per heavy atom. The number of benzene rings is 1. The summed E-state index contributed by atoms with van der Waals surface area (Å²) in [6, 6.07) is 1.90. The molecule has 0 aliphatic heterocycles. The zero-order chi connectivity index (χ0) is 15.0. The first kappa shape index (κ1) is 16.2. The number of halogens is 2. The number of carbonyl (C=O) groups is 1. The molecule has 0 aliphatic rings. The Kier molecular flexibility index (Phi) is 4.51. The van der Waals surface area contributed by atoms with Crippen molar-refractivity contribution in [2.45, 2.75) is 25.7 Å². The van der Waals surface area contributed by atoms with E-state index in [1.165, 1.54) is 0 Å². The van der Waals surface area contributed by atoms with Gasteiger partial charge in [0.1, 0.15) is 0 Å². The second kappa shape index (κ2) is 5.28. The van der Waals surface area contributed by atoms with Crippen LogP contribution in [0.15, 0.2) is 17.0 Å². The Labute approximate surface area is 121 Å². The van der Waals surface area contributed by atoms with E-state index in [0.717, 1.165) is 12.1 Å². The number of rotatable bonds is 2. The molecule has 0 unspecified atom stereocenters. The van der Waals surface area contributed by atoms with E-state index in [9.17, 15) is 13.2 Å². The summed E-state index contributed by atoms with van der Waals surface area (Å²) in [5.41, 5.74) is -0.769. The maximum atomic E-state index is 11.7. The van der Waals surface area contributed by atoms with Gasteiger partial charge >= 0.3 is 5.97 Å². The summed E-state index contributed by atoms with van der Waals surface area (Å²) < 4.78 is 35.8. The monoisotopic (exact) mass is 326 g/mol. The molecule has 1 rings (SSSR count). The van der Waals surface area contributed by atoms with Crippen LogP contribution < -0.4 is 4.74 Å². The third-order valence-electron chi connectivity index (χ3n) is 2.08. The average Bonchev–Trinajstić information content (AvgIpc) is 2.19. The molecule has 5 nitrogen and oxygen atoms in total. The standard InChI is InChI=1S/C11H12Cl2O5S/c1-11(2,3)10(14)18-9-7(12)4-6(5-8(9)13)19(15,16)17/h4-5H,1-3H3,(H,15,16,17). The topological polar surface area (TPSA) is 80.7 Å². The predicted molar refractivity (Wildman–Crippen MR) is 71.4 cm³/mol. The minimum absolute atomic E-state index is 0.143. The SMILES string of the molecule is CC(C)(C)C(=O)Oc1c(Cl)cc(S(=O)(=O)O)cc1Cl. The quantitative estimate of drug-likeness (QED) is 0.512. The average molecular weight is 327 g/mol. The molecule has 0 saturated carbocycles. The third-order valence-corrected chi connectivity index (χ3v) is 3.47. The van der Waals surface area contributed by atoms with E-state index < -0.39 is 26.4 Å². The molecule has 0 bridgehead atoms. The van der Waals surface area contributed by atoms with Crippen LogP contribution in [0.2, 0.25) is 10.0 Å². The van der Waals surface area contributed by atoms with Gasteiger partial charge in [-0.25, -0.2) is 0 Å². The van der Waals surface area contributed by atoms with Crippen molar-refractivity contribution < 1.29 is 22.5 Å². The Hall–Kier alpha value is -0.820. The van der Waals surface area contributed by atoms with Crippen LogP contribution in [-0.4, -0.2) is 18.9 Å². The lowest BCUT2D eigenvalue weighted by atomic mass is 9.97. The summed E-state index contributed by atoms with van der Waals surface area (Å²) in [5, 5.41) is -0.365. The van der Waals surface area contributed by atoms with Gasteiger partial charge in [0.2, 0.25) is 0 Å². The van der Waals surface area contributed by atoms with Crippen molar-refractivity contribution in [3.8, 4) is 5.75 Å². The van der Waals surface area contributed by atoms with Crippen LogP contribution in [0, 0.1) is 5.41 Å². The van der Waals surface area contributed by atoms with Gasteiger partial charge in [0.15, 0.2) is 5.75 Å². The molecule has 1 aromatic carbocycles. The van der Waals surface area contributed by atoms with Gasteiger partial charge in [-0.1, -0.05) is 23.2 Å². The highest BCUT2D eigenvalue weighted by atomic mass is 35.5. The molecule has 0 fully saturated rings. The van der Waals surface area contributed by atoms with Crippen molar-refractivity contribution >= 4 is 39.3 Å². The molecule has 0 spiro atoms. The van der Waals surface area contributed by atoms with Crippen LogP contribution >= 0.6 is 23.2 Å². The van der Waals surface area contributed by atoms with Gasteiger partial charge in [-0.2, -0.15) is 8.42 Å². The molecular weight excluding hydrogens is 315 g/mol. The largest absolute Gasteiger partial charge is 0.423 e. The van der Waals surface area contributed by atoms with Crippen molar-refractivity contribution in [2.24, 2.45) is 5.41 Å². The second-order valence-corrected chi connectivity index (χ2v) is 7.07. The van der Waals surface area contributed by atoms with E-state index >= 15 is 0 Å². The van der Waals surface area contributed by atoms with Crippen LogP contribution in [0.25, 0.3) is 0 Å². The molecule has 106 valence electrons. The van der Waals surface area contributed by atoms with Gasteiger partial charge in [0.25, 0.3) is 10.1 Å². The number of ether oxygens (including phenoxy) is 1. The van der Waals surface area contributed by atoms with E-state index in [2.05, 4.69) is 0 Å². The molecule has 0 amide bonds. The number of carbonyl (C=O) groups excluding carboxylic acids is 1. The first-order valence-corrected chi connectivity index (χ1v) is 7.31. The van der Waals surface area contributed by atoms with Crippen LogP contribution in [0.5, 0.6) is 5.75 Å². The smallest absolute Gasteiger partial charge is 0.316 e. The molecule has 0 heterocycles. The Morgan fingerprint density at radius 2 is 1.63 bits per heavy atom. The van der Waals surface area contributed by atoms with Crippen molar-refractivity contribution in [3.63, 3.8) is 0 Å². The van der Waals surface area contributed by atoms with E-state index in [0.29, 0.717) is 0 Å². The van der Waals surface area contributed by atoms with Crippen LogP contribution in [0.3, 0.4) is 0 Å². The lowest BCUT2D eigenvalue weighted by Gasteiger charge is -2.17. The number of hydrogen-bond donors (Lipinski definition) is 1. The fraction of sp³-hybridized carbons (Fsp3) is 0.364. The summed E-state index contributed by atoms with van der Waals surface area (Å²) >= 11 is 11.6. The molecule has 1 aromatic rings. The van der Waals surface area contributed by atoms with E-state index in [4.69, 9.17) is 32.5 Å². The van der Waals surface area contributed by atoms with Crippen molar-refractivity contribution in [1.82, 2.24) is 0 Å². The van der Waals surface area contributed by atoms with Gasteiger partial charge < -0.3 is 4.74 Å². The van der Waals surface area contributed by atoms with Crippen molar-refractivity contribution in [3.05, 3.63) is 22.2 Å². The highest BCUT2D eigenvalue weighted by molar-refractivity contribution is 7.85. The molecule has 0 aromatic heterocycles. The third kappa shape index (κ3) is 4.07. The summed E-state index contributed by atoms with van der Waals surface area (Å²) in [6.45, 7) is 4.93. The molecular formula is C11H12Cl2O5S. The van der Waals surface area contributed by atoms with Gasteiger partial charge in [0.05, 0.1) is 20.4 Å². The first-order chi connectivity index (χ1) is 8.43. The minimum Gasteiger partial charge on any atom is -0.423 e.